The van der Waals surface area contributed by atoms with Crippen molar-refractivity contribution in [1.82, 2.24) is 10.2 Å². The van der Waals surface area contributed by atoms with Crippen molar-refractivity contribution in [2.75, 3.05) is 32.7 Å². The molecule has 0 saturated carbocycles. The quantitative estimate of drug-likeness (QED) is 0.922. The van der Waals surface area contributed by atoms with Crippen LogP contribution in [0.2, 0.25) is 0 Å². The molecule has 3 nitrogen and oxygen atoms in total. The molecule has 0 spiro atoms. The van der Waals surface area contributed by atoms with Crippen molar-refractivity contribution in [2.45, 2.75) is 25.9 Å². The van der Waals surface area contributed by atoms with E-state index < -0.39 is 0 Å². The van der Waals surface area contributed by atoms with Crippen LogP contribution in [0.5, 0.6) is 5.75 Å². The number of piperazine rings is 1. The van der Waals surface area contributed by atoms with Gasteiger partial charge in [0, 0.05) is 39.1 Å². The lowest BCUT2D eigenvalue weighted by molar-refractivity contribution is 0.244. The zero-order chi connectivity index (χ0) is 13.2. The van der Waals surface area contributed by atoms with Crippen LogP contribution in [0.1, 0.15) is 18.1 Å². The molecule has 4 heteroatoms. The summed E-state index contributed by atoms with van der Waals surface area (Å²) in [5.41, 5.74) is 2.78. The van der Waals surface area contributed by atoms with Crippen molar-refractivity contribution in [1.29, 1.82) is 0 Å². The molecule has 1 atom stereocenters. The van der Waals surface area contributed by atoms with E-state index in [9.17, 15) is 0 Å². The minimum absolute atomic E-state index is 0.315. The number of rotatable bonds is 3. The highest BCUT2D eigenvalue weighted by Crippen LogP contribution is 2.37. The van der Waals surface area contributed by atoms with E-state index in [0.29, 0.717) is 6.10 Å². The third-order valence-corrected chi connectivity index (χ3v) is 4.52. The molecule has 1 unspecified atom stereocenters. The fourth-order valence-electron chi connectivity index (χ4n) is 2.92. The third-order valence-electron chi connectivity index (χ3n) is 3.93. The number of nitrogens with one attached hydrogen (secondary N) is 1. The summed E-state index contributed by atoms with van der Waals surface area (Å²) in [4.78, 5) is 2.54. The molecule has 0 bridgehead atoms. The second kappa shape index (κ2) is 5.81. The van der Waals surface area contributed by atoms with Gasteiger partial charge in [0.15, 0.2) is 0 Å². The molecule has 1 saturated heterocycles. The number of halogens is 1. The fourth-order valence-corrected chi connectivity index (χ4v) is 3.56. The largest absolute Gasteiger partial charge is 0.489 e. The van der Waals surface area contributed by atoms with Crippen LogP contribution in [0.3, 0.4) is 0 Å². The summed E-state index contributed by atoms with van der Waals surface area (Å²) in [6, 6.07) is 4.55. The number of hydrogen-bond donors (Lipinski definition) is 1. The lowest BCUT2D eigenvalue weighted by Crippen LogP contribution is -2.44. The highest BCUT2D eigenvalue weighted by molar-refractivity contribution is 9.10. The molecule has 1 fully saturated rings. The standard InChI is InChI=1S/C15H21BrN2O/c1-11-8-13-9-12(10-14(16)15(13)19-11)2-5-18-6-3-17-4-7-18/h9-11,17H,2-8H2,1H3. The van der Waals surface area contributed by atoms with Gasteiger partial charge in [-0.05, 0) is 46.5 Å². The molecule has 3 rings (SSSR count). The molecule has 0 aromatic heterocycles. The molecule has 104 valence electrons. The Hall–Kier alpha value is -0.580. The van der Waals surface area contributed by atoms with Crippen molar-refractivity contribution in [3.05, 3.63) is 27.7 Å². The summed E-state index contributed by atoms with van der Waals surface area (Å²) in [6.07, 6.45) is 2.48. The van der Waals surface area contributed by atoms with Gasteiger partial charge in [-0.1, -0.05) is 6.07 Å². The van der Waals surface area contributed by atoms with Crippen LogP contribution in [0.15, 0.2) is 16.6 Å². The summed E-state index contributed by atoms with van der Waals surface area (Å²) in [7, 11) is 0. The molecule has 1 aromatic carbocycles. The van der Waals surface area contributed by atoms with Gasteiger partial charge in [-0.25, -0.2) is 0 Å². The lowest BCUT2D eigenvalue weighted by Gasteiger charge is -2.27. The molecule has 0 aliphatic carbocycles. The van der Waals surface area contributed by atoms with Crippen molar-refractivity contribution >= 4 is 15.9 Å². The summed E-state index contributed by atoms with van der Waals surface area (Å²) < 4.78 is 6.94. The molecule has 2 heterocycles. The lowest BCUT2D eigenvalue weighted by atomic mass is 10.0. The van der Waals surface area contributed by atoms with E-state index in [1.54, 1.807) is 0 Å². The summed E-state index contributed by atoms with van der Waals surface area (Å²) in [5.74, 6) is 1.05. The Kier molecular flexibility index (Phi) is 4.10. The van der Waals surface area contributed by atoms with E-state index in [-0.39, 0.29) is 0 Å². The van der Waals surface area contributed by atoms with E-state index in [4.69, 9.17) is 4.74 Å². The maximum Gasteiger partial charge on any atom is 0.137 e. The SMILES string of the molecule is CC1Cc2cc(CCN3CCNCC3)cc(Br)c2O1. The monoisotopic (exact) mass is 324 g/mol. The van der Waals surface area contributed by atoms with Gasteiger partial charge in [-0.15, -0.1) is 0 Å². The van der Waals surface area contributed by atoms with Crippen LogP contribution in [0.25, 0.3) is 0 Å². The van der Waals surface area contributed by atoms with E-state index in [2.05, 4.69) is 45.2 Å². The topological polar surface area (TPSA) is 24.5 Å². The van der Waals surface area contributed by atoms with Gasteiger partial charge in [0.2, 0.25) is 0 Å². The van der Waals surface area contributed by atoms with Crippen molar-refractivity contribution in [3.8, 4) is 5.75 Å². The van der Waals surface area contributed by atoms with Gasteiger partial charge < -0.3 is 15.0 Å². The molecule has 0 amide bonds. The van der Waals surface area contributed by atoms with Gasteiger partial charge in [0.05, 0.1) is 4.47 Å². The molecular weight excluding hydrogens is 304 g/mol. The van der Waals surface area contributed by atoms with Gasteiger partial charge in [0.25, 0.3) is 0 Å². The summed E-state index contributed by atoms with van der Waals surface area (Å²) >= 11 is 3.64. The molecular formula is C15H21BrN2O. The Bertz CT molecular complexity index is 458. The van der Waals surface area contributed by atoms with Crippen LogP contribution in [-0.4, -0.2) is 43.7 Å². The molecule has 1 aromatic rings. The predicted octanol–water partition coefficient (Wildman–Crippen LogP) is 2.22. The van der Waals surface area contributed by atoms with Crippen molar-refractivity contribution in [3.63, 3.8) is 0 Å². The van der Waals surface area contributed by atoms with E-state index >= 15 is 0 Å². The predicted molar refractivity (Wildman–Crippen MR) is 80.9 cm³/mol. The number of benzene rings is 1. The first-order chi connectivity index (χ1) is 9.22. The van der Waals surface area contributed by atoms with E-state index in [0.717, 1.165) is 42.7 Å². The third kappa shape index (κ3) is 3.12. The Morgan fingerprint density at radius 3 is 2.95 bits per heavy atom. The molecule has 19 heavy (non-hydrogen) atoms. The maximum atomic E-state index is 5.82. The first-order valence-electron chi connectivity index (χ1n) is 7.13. The van der Waals surface area contributed by atoms with Crippen molar-refractivity contribution in [2.24, 2.45) is 0 Å². The van der Waals surface area contributed by atoms with Crippen LogP contribution in [0, 0.1) is 0 Å². The maximum absolute atomic E-state index is 5.82. The van der Waals surface area contributed by atoms with E-state index in [1.165, 1.54) is 24.2 Å². The summed E-state index contributed by atoms with van der Waals surface area (Å²) in [5, 5.41) is 3.40. The Labute approximate surface area is 123 Å². The Balaban J connectivity index is 1.65. The molecule has 2 aliphatic rings. The number of nitrogens with zero attached hydrogens (tertiary/aromatic N) is 1. The number of fused-ring (bicyclic) bond motifs is 1. The zero-order valence-electron chi connectivity index (χ0n) is 11.4. The summed E-state index contributed by atoms with van der Waals surface area (Å²) in [6.45, 7) is 7.88. The number of ether oxygens (including phenoxy) is 1. The highest BCUT2D eigenvalue weighted by atomic mass is 79.9. The first-order valence-corrected chi connectivity index (χ1v) is 7.93. The first kappa shape index (κ1) is 13.4. The zero-order valence-corrected chi connectivity index (χ0v) is 13.0. The minimum atomic E-state index is 0.315. The second-order valence-electron chi connectivity index (χ2n) is 5.54. The van der Waals surface area contributed by atoms with Crippen LogP contribution >= 0.6 is 15.9 Å². The van der Waals surface area contributed by atoms with E-state index in [1.807, 2.05) is 0 Å². The van der Waals surface area contributed by atoms with Gasteiger partial charge in [-0.2, -0.15) is 0 Å². The van der Waals surface area contributed by atoms with Gasteiger partial charge in [0.1, 0.15) is 11.9 Å². The molecule has 2 aliphatic heterocycles. The van der Waals surface area contributed by atoms with Crippen LogP contribution in [0.4, 0.5) is 0 Å². The van der Waals surface area contributed by atoms with Gasteiger partial charge >= 0.3 is 0 Å². The highest BCUT2D eigenvalue weighted by Gasteiger charge is 2.22. The molecule has 1 N–H and O–H groups in total. The van der Waals surface area contributed by atoms with Gasteiger partial charge in [-0.3, -0.25) is 0 Å². The van der Waals surface area contributed by atoms with Crippen LogP contribution < -0.4 is 10.1 Å². The average Bonchev–Trinajstić information content (AvgIpc) is 2.79. The smallest absolute Gasteiger partial charge is 0.137 e. The second-order valence-corrected chi connectivity index (χ2v) is 6.39. The Morgan fingerprint density at radius 2 is 2.16 bits per heavy atom. The van der Waals surface area contributed by atoms with Crippen LogP contribution in [-0.2, 0) is 12.8 Å². The number of hydrogen-bond acceptors (Lipinski definition) is 3. The minimum Gasteiger partial charge on any atom is -0.489 e. The Morgan fingerprint density at radius 1 is 1.37 bits per heavy atom. The normalized spacial score (nSPS) is 23.2. The fraction of sp³-hybridized carbons (Fsp3) is 0.600. The molecule has 0 radical (unpaired) electrons. The van der Waals surface area contributed by atoms with Crippen molar-refractivity contribution < 1.29 is 4.74 Å². The average molecular weight is 325 g/mol.